The van der Waals surface area contributed by atoms with Gasteiger partial charge in [-0.2, -0.15) is 10.2 Å². The van der Waals surface area contributed by atoms with Crippen molar-refractivity contribution in [2.45, 2.75) is 20.4 Å². The van der Waals surface area contributed by atoms with Crippen molar-refractivity contribution in [1.82, 2.24) is 19.6 Å². The topological polar surface area (TPSA) is 85.0 Å². The molecule has 130 valence electrons. The molecule has 2 aromatic heterocycles. The summed E-state index contributed by atoms with van der Waals surface area (Å²) in [5, 5.41) is 20.9. The van der Waals surface area contributed by atoms with E-state index in [1.54, 1.807) is 22.5 Å². The average Bonchev–Trinajstić information content (AvgIpc) is 3.11. The van der Waals surface area contributed by atoms with E-state index in [1.165, 1.54) is 0 Å². The van der Waals surface area contributed by atoms with Gasteiger partial charge in [-0.3, -0.25) is 9.48 Å². The molecule has 3 rings (SSSR count). The summed E-state index contributed by atoms with van der Waals surface area (Å²) in [6.45, 7) is 4.08. The second-order valence-electron chi connectivity index (χ2n) is 5.93. The molecule has 0 aliphatic heterocycles. The van der Waals surface area contributed by atoms with Crippen molar-refractivity contribution in [3.05, 3.63) is 53.3 Å². The van der Waals surface area contributed by atoms with Gasteiger partial charge in [-0.15, -0.1) is 0 Å². The lowest BCUT2D eigenvalue weighted by molar-refractivity contribution is 0.101. The highest BCUT2D eigenvalue weighted by atomic mass is 16.3. The van der Waals surface area contributed by atoms with Crippen molar-refractivity contribution in [2.24, 2.45) is 7.05 Å². The fourth-order valence-corrected chi connectivity index (χ4v) is 2.78. The van der Waals surface area contributed by atoms with Gasteiger partial charge in [-0.1, -0.05) is 24.3 Å². The lowest BCUT2D eigenvalue weighted by Gasteiger charge is -2.07. The second-order valence-corrected chi connectivity index (χ2v) is 5.93. The Morgan fingerprint density at radius 2 is 1.96 bits per heavy atom. The zero-order chi connectivity index (χ0) is 18.0. The van der Waals surface area contributed by atoms with Gasteiger partial charge in [-0.25, -0.2) is 4.68 Å². The Bertz CT molecular complexity index is 910. The lowest BCUT2D eigenvalue weighted by Crippen LogP contribution is -2.19. The Morgan fingerprint density at radius 1 is 1.20 bits per heavy atom. The van der Waals surface area contributed by atoms with Crippen LogP contribution in [0.15, 0.2) is 36.4 Å². The minimum absolute atomic E-state index is 0.0669. The number of benzene rings is 1. The molecule has 1 aromatic carbocycles. The molecule has 0 saturated heterocycles. The fourth-order valence-electron chi connectivity index (χ4n) is 2.78. The van der Waals surface area contributed by atoms with Crippen LogP contribution < -0.4 is 5.32 Å². The molecule has 2 N–H and O–H groups in total. The molecule has 25 heavy (non-hydrogen) atoms. The largest absolute Gasteiger partial charge is 0.394 e. The minimum atomic E-state index is -0.265. The van der Waals surface area contributed by atoms with Crippen LogP contribution >= 0.6 is 0 Å². The van der Waals surface area contributed by atoms with E-state index < -0.39 is 0 Å². The van der Waals surface area contributed by atoms with Crippen LogP contribution in [0.4, 0.5) is 5.82 Å². The van der Waals surface area contributed by atoms with Crippen LogP contribution in [0.2, 0.25) is 0 Å². The monoisotopic (exact) mass is 339 g/mol. The quantitative estimate of drug-likeness (QED) is 0.746. The number of aryl methyl sites for hydroxylation is 3. The van der Waals surface area contributed by atoms with E-state index in [-0.39, 0.29) is 12.5 Å². The first-order chi connectivity index (χ1) is 12.0. The number of rotatable bonds is 5. The van der Waals surface area contributed by atoms with Crippen LogP contribution in [0.25, 0.3) is 11.3 Å². The predicted octanol–water partition coefficient (Wildman–Crippen LogP) is 2.15. The van der Waals surface area contributed by atoms with Gasteiger partial charge in [-0.05, 0) is 25.5 Å². The SMILES string of the molecule is Cc1cc(C(=O)Nc2cc(-c3ccccc3C)nn2CCO)n(C)n1. The van der Waals surface area contributed by atoms with Crippen LogP contribution in [0.3, 0.4) is 0 Å². The number of aromatic nitrogens is 4. The van der Waals surface area contributed by atoms with Crippen molar-refractivity contribution < 1.29 is 9.90 Å². The Hall–Kier alpha value is -2.93. The van der Waals surface area contributed by atoms with Gasteiger partial charge in [0.05, 0.1) is 24.5 Å². The Morgan fingerprint density at radius 3 is 2.60 bits per heavy atom. The number of hydrogen-bond acceptors (Lipinski definition) is 4. The molecule has 0 bridgehead atoms. The third-order valence-corrected chi connectivity index (χ3v) is 3.99. The summed E-state index contributed by atoms with van der Waals surface area (Å²) in [6.07, 6.45) is 0. The first-order valence-electron chi connectivity index (χ1n) is 8.06. The van der Waals surface area contributed by atoms with Gasteiger partial charge in [0.2, 0.25) is 0 Å². The number of carbonyl (C=O) groups excluding carboxylic acids is 1. The summed E-state index contributed by atoms with van der Waals surface area (Å²) in [5.41, 5.74) is 4.08. The molecule has 0 fully saturated rings. The van der Waals surface area contributed by atoms with E-state index in [1.807, 2.05) is 44.2 Å². The molecule has 0 atom stereocenters. The number of amides is 1. The molecular weight excluding hydrogens is 318 g/mol. The third kappa shape index (κ3) is 3.46. The number of carbonyl (C=O) groups is 1. The molecular formula is C18H21N5O2. The summed E-state index contributed by atoms with van der Waals surface area (Å²) >= 11 is 0. The van der Waals surface area contributed by atoms with Gasteiger partial charge < -0.3 is 10.4 Å². The highest BCUT2D eigenvalue weighted by Crippen LogP contribution is 2.25. The van der Waals surface area contributed by atoms with E-state index in [0.29, 0.717) is 18.1 Å². The van der Waals surface area contributed by atoms with Crippen LogP contribution in [0, 0.1) is 13.8 Å². The fraction of sp³-hybridized carbons (Fsp3) is 0.278. The molecule has 2 heterocycles. The first kappa shape index (κ1) is 16.9. The summed E-state index contributed by atoms with van der Waals surface area (Å²) in [7, 11) is 1.73. The number of hydrogen-bond donors (Lipinski definition) is 2. The Balaban J connectivity index is 1.94. The molecule has 0 radical (unpaired) electrons. The maximum absolute atomic E-state index is 12.5. The zero-order valence-corrected chi connectivity index (χ0v) is 14.5. The van der Waals surface area contributed by atoms with Crippen molar-refractivity contribution in [1.29, 1.82) is 0 Å². The highest BCUT2D eigenvalue weighted by Gasteiger charge is 2.16. The van der Waals surface area contributed by atoms with Crippen LogP contribution in [-0.4, -0.2) is 37.2 Å². The second kappa shape index (κ2) is 6.90. The standard InChI is InChI=1S/C18H21N5O2/c1-12-6-4-5-7-14(12)15-11-17(23(21-15)8-9-24)19-18(25)16-10-13(2)20-22(16)3/h4-7,10-11,24H,8-9H2,1-3H3,(H,19,25). The van der Waals surface area contributed by atoms with Crippen molar-refractivity contribution >= 4 is 11.7 Å². The maximum Gasteiger partial charge on any atom is 0.275 e. The molecule has 3 aromatic rings. The lowest BCUT2D eigenvalue weighted by atomic mass is 10.1. The number of aliphatic hydroxyl groups excluding tert-OH is 1. The predicted molar refractivity (Wildman–Crippen MR) is 95.4 cm³/mol. The summed E-state index contributed by atoms with van der Waals surface area (Å²) in [5.74, 6) is 0.273. The molecule has 0 aliphatic carbocycles. The van der Waals surface area contributed by atoms with E-state index in [0.717, 1.165) is 22.5 Å². The number of anilines is 1. The van der Waals surface area contributed by atoms with Crippen LogP contribution in [0.5, 0.6) is 0 Å². The van der Waals surface area contributed by atoms with Gasteiger partial charge in [0.1, 0.15) is 11.5 Å². The summed E-state index contributed by atoms with van der Waals surface area (Å²) in [4.78, 5) is 12.5. The summed E-state index contributed by atoms with van der Waals surface area (Å²) in [6, 6.07) is 11.5. The molecule has 0 spiro atoms. The van der Waals surface area contributed by atoms with Crippen LogP contribution in [0.1, 0.15) is 21.7 Å². The molecule has 0 unspecified atom stereocenters. The normalized spacial score (nSPS) is 10.9. The van der Waals surface area contributed by atoms with Gasteiger partial charge in [0.25, 0.3) is 5.91 Å². The Labute approximate surface area is 145 Å². The molecule has 1 amide bonds. The van der Waals surface area contributed by atoms with Crippen molar-refractivity contribution in [2.75, 3.05) is 11.9 Å². The van der Waals surface area contributed by atoms with Gasteiger partial charge >= 0.3 is 0 Å². The smallest absolute Gasteiger partial charge is 0.275 e. The van der Waals surface area contributed by atoms with Crippen molar-refractivity contribution in [3.8, 4) is 11.3 Å². The van der Waals surface area contributed by atoms with Crippen molar-refractivity contribution in [3.63, 3.8) is 0 Å². The third-order valence-electron chi connectivity index (χ3n) is 3.99. The first-order valence-corrected chi connectivity index (χ1v) is 8.06. The summed E-state index contributed by atoms with van der Waals surface area (Å²) < 4.78 is 3.14. The average molecular weight is 339 g/mol. The van der Waals surface area contributed by atoms with Crippen LogP contribution in [-0.2, 0) is 13.6 Å². The van der Waals surface area contributed by atoms with E-state index in [9.17, 15) is 9.90 Å². The van der Waals surface area contributed by atoms with Gasteiger partial charge in [0, 0.05) is 18.7 Å². The maximum atomic E-state index is 12.5. The molecule has 7 heteroatoms. The Kier molecular flexibility index (Phi) is 4.67. The number of nitrogens with zero attached hydrogens (tertiary/aromatic N) is 4. The zero-order valence-electron chi connectivity index (χ0n) is 14.5. The van der Waals surface area contributed by atoms with Gasteiger partial charge in [0.15, 0.2) is 0 Å². The number of nitrogens with one attached hydrogen (secondary N) is 1. The van der Waals surface area contributed by atoms with E-state index >= 15 is 0 Å². The molecule has 0 aliphatic rings. The highest BCUT2D eigenvalue weighted by molar-refractivity contribution is 6.02. The minimum Gasteiger partial charge on any atom is -0.394 e. The number of aliphatic hydroxyl groups is 1. The van der Waals surface area contributed by atoms with E-state index in [2.05, 4.69) is 15.5 Å². The molecule has 0 saturated carbocycles. The van der Waals surface area contributed by atoms with E-state index in [4.69, 9.17) is 0 Å². The molecule has 7 nitrogen and oxygen atoms in total.